The van der Waals surface area contributed by atoms with E-state index in [0.717, 1.165) is 16.4 Å². The van der Waals surface area contributed by atoms with Crippen LogP contribution in [-0.4, -0.2) is 15.9 Å². The first-order valence-corrected chi connectivity index (χ1v) is 7.10. The van der Waals surface area contributed by atoms with Crippen LogP contribution in [0.2, 0.25) is 0 Å². The fourth-order valence-electron chi connectivity index (χ4n) is 0.847. The summed E-state index contributed by atoms with van der Waals surface area (Å²) in [6, 6.07) is 4.19. The number of aromatic nitrogens is 1. The van der Waals surface area contributed by atoms with Gasteiger partial charge in [0, 0.05) is 0 Å². The lowest BCUT2D eigenvalue weighted by Gasteiger charge is -1.94. The van der Waals surface area contributed by atoms with Crippen LogP contribution in [0.25, 0.3) is 0 Å². The zero-order chi connectivity index (χ0) is 11.1. The van der Waals surface area contributed by atoms with E-state index in [1.165, 1.54) is 23.3 Å². The van der Waals surface area contributed by atoms with Crippen LogP contribution in [0.3, 0.4) is 0 Å². The third kappa shape index (κ3) is 3.42. The molecule has 78 valence electrons. The van der Waals surface area contributed by atoms with Gasteiger partial charge in [0.15, 0.2) is 0 Å². The molecule has 0 unspecified atom stereocenters. The minimum Gasteiger partial charge on any atom is -0.197 e. The van der Waals surface area contributed by atoms with E-state index in [4.69, 9.17) is 10.5 Å². The Morgan fingerprint density at radius 2 is 2.20 bits per heavy atom. The molecule has 1 rings (SSSR count). The molecule has 6 heteroatoms. The minimum atomic E-state index is 0.344. The van der Waals surface area contributed by atoms with Crippen molar-refractivity contribution in [3.05, 3.63) is 5.56 Å². The van der Waals surface area contributed by atoms with E-state index in [2.05, 4.69) is 17.4 Å². The molecule has 0 aliphatic heterocycles. The number of hydrogen-bond donors (Lipinski definition) is 0. The van der Waals surface area contributed by atoms with Crippen LogP contribution in [0, 0.1) is 22.7 Å². The van der Waals surface area contributed by atoms with E-state index >= 15 is 0 Å². The zero-order valence-electron chi connectivity index (χ0n) is 8.19. The molecule has 0 amide bonds. The predicted octanol–water partition coefficient (Wildman–Crippen LogP) is 3.13. The van der Waals surface area contributed by atoms with Gasteiger partial charge >= 0.3 is 0 Å². The van der Waals surface area contributed by atoms with Crippen LogP contribution in [0.5, 0.6) is 0 Å². The van der Waals surface area contributed by atoms with Crippen LogP contribution in [0.4, 0.5) is 0 Å². The van der Waals surface area contributed by atoms with Crippen molar-refractivity contribution in [2.45, 2.75) is 22.6 Å². The van der Waals surface area contributed by atoms with E-state index in [9.17, 15) is 0 Å². The Morgan fingerprint density at radius 1 is 1.40 bits per heavy atom. The van der Waals surface area contributed by atoms with Crippen molar-refractivity contribution in [3.8, 4) is 12.1 Å². The highest BCUT2D eigenvalue weighted by Crippen LogP contribution is 2.34. The Hall–Kier alpha value is -0.690. The van der Waals surface area contributed by atoms with Gasteiger partial charge in [0.25, 0.3) is 0 Å². The summed E-state index contributed by atoms with van der Waals surface area (Å²) in [5.74, 6) is 1.34. The molecule has 0 bridgehead atoms. The molecule has 1 aromatic heterocycles. The quantitative estimate of drug-likeness (QED) is 0.756. The smallest absolute Gasteiger partial charge is 0.130 e. The van der Waals surface area contributed by atoms with Crippen LogP contribution in [0.1, 0.15) is 18.9 Å². The van der Waals surface area contributed by atoms with Gasteiger partial charge in [-0.3, -0.25) is 0 Å². The number of hydrogen-bond acceptors (Lipinski definition) is 6. The fourth-order valence-corrected chi connectivity index (χ4v) is 3.53. The summed E-state index contributed by atoms with van der Waals surface area (Å²) in [6.07, 6.45) is 1.08. The molecule has 15 heavy (non-hydrogen) atoms. The van der Waals surface area contributed by atoms with Gasteiger partial charge in [-0.1, -0.05) is 18.7 Å². The Kier molecular flexibility index (Phi) is 5.56. The maximum atomic E-state index is 8.99. The summed E-state index contributed by atoms with van der Waals surface area (Å²) in [4.78, 5) is 0. The average molecular weight is 255 g/mol. The van der Waals surface area contributed by atoms with Gasteiger partial charge in [0.05, 0.1) is 16.0 Å². The zero-order valence-corrected chi connectivity index (χ0v) is 10.6. The summed E-state index contributed by atoms with van der Waals surface area (Å²) in [7, 11) is 0. The second-order valence-electron chi connectivity index (χ2n) is 2.56. The molecule has 0 fully saturated rings. The second kappa shape index (κ2) is 6.73. The molecule has 3 nitrogen and oxygen atoms in total. The standard InChI is InChI=1S/C9H9N3S3/c1-2-4-14-9-7(6-11)8(12-15-9)13-5-3-10/h2,4-5H2,1H3. The van der Waals surface area contributed by atoms with Crippen LogP contribution in [0.15, 0.2) is 9.24 Å². The highest BCUT2D eigenvalue weighted by Gasteiger charge is 2.13. The third-order valence-electron chi connectivity index (χ3n) is 1.45. The van der Waals surface area contributed by atoms with E-state index in [1.807, 2.05) is 6.07 Å². The highest BCUT2D eigenvalue weighted by molar-refractivity contribution is 8.01. The largest absolute Gasteiger partial charge is 0.197 e. The maximum Gasteiger partial charge on any atom is 0.130 e. The summed E-state index contributed by atoms with van der Waals surface area (Å²) in [5, 5.41) is 18.1. The van der Waals surface area contributed by atoms with Crippen LogP contribution < -0.4 is 0 Å². The lowest BCUT2D eigenvalue weighted by Crippen LogP contribution is -1.80. The van der Waals surface area contributed by atoms with Gasteiger partial charge in [0.2, 0.25) is 0 Å². The van der Waals surface area contributed by atoms with Crippen molar-refractivity contribution in [2.24, 2.45) is 0 Å². The number of rotatable bonds is 5. The Bertz CT molecular complexity index is 400. The number of nitriles is 2. The first kappa shape index (κ1) is 12.4. The van der Waals surface area contributed by atoms with E-state index in [-0.39, 0.29) is 0 Å². The molecule has 1 heterocycles. The average Bonchev–Trinajstić information content (AvgIpc) is 2.65. The van der Waals surface area contributed by atoms with E-state index < -0.39 is 0 Å². The molecule has 0 aliphatic rings. The van der Waals surface area contributed by atoms with Crippen molar-refractivity contribution >= 4 is 35.1 Å². The van der Waals surface area contributed by atoms with E-state index in [1.54, 1.807) is 11.8 Å². The van der Waals surface area contributed by atoms with Crippen molar-refractivity contribution in [1.29, 1.82) is 10.5 Å². The van der Waals surface area contributed by atoms with Crippen LogP contribution in [-0.2, 0) is 0 Å². The number of nitrogens with zero attached hydrogens (tertiary/aromatic N) is 3. The minimum absolute atomic E-state index is 0.344. The molecular formula is C9H9N3S3. The summed E-state index contributed by atoms with van der Waals surface area (Å²) in [5.41, 5.74) is 0.638. The SMILES string of the molecule is CCCSc1snc(SCC#N)c1C#N. The van der Waals surface area contributed by atoms with Gasteiger partial charge in [-0.2, -0.15) is 14.9 Å². The first-order chi connectivity index (χ1) is 7.33. The number of thioether (sulfide) groups is 2. The van der Waals surface area contributed by atoms with Gasteiger partial charge in [-0.05, 0) is 23.7 Å². The summed E-state index contributed by atoms with van der Waals surface area (Å²) >= 11 is 4.34. The molecule has 0 aromatic carbocycles. The topological polar surface area (TPSA) is 60.5 Å². The molecule has 0 aliphatic carbocycles. The normalized spacial score (nSPS) is 9.53. The first-order valence-electron chi connectivity index (χ1n) is 4.35. The van der Waals surface area contributed by atoms with Crippen molar-refractivity contribution in [1.82, 2.24) is 4.37 Å². The Labute approximate surface area is 102 Å². The van der Waals surface area contributed by atoms with Gasteiger partial charge in [-0.15, -0.1) is 11.8 Å². The summed E-state index contributed by atoms with van der Waals surface area (Å²) < 4.78 is 5.16. The van der Waals surface area contributed by atoms with Gasteiger partial charge in [0.1, 0.15) is 16.7 Å². The van der Waals surface area contributed by atoms with Crippen molar-refractivity contribution < 1.29 is 0 Å². The molecule has 0 N–H and O–H groups in total. The molecule has 0 saturated carbocycles. The fraction of sp³-hybridized carbons (Fsp3) is 0.444. The summed E-state index contributed by atoms with van der Waals surface area (Å²) in [6.45, 7) is 2.10. The molecule has 0 radical (unpaired) electrons. The molecule has 1 aromatic rings. The maximum absolute atomic E-state index is 8.99. The molecule has 0 spiro atoms. The van der Waals surface area contributed by atoms with Crippen LogP contribution >= 0.6 is 35.1 Å². The van der Waals surface area contributed by atoms with Gasteiger partial charge < -0.3 is 0 Å². The molecule has 0 saturated heterocycles. The second-order valence-corrected chi connectivity index (χ2v) is 5.66. The monoisotopic (exact) mass is 255 g/mol. The highest BCUT2D eigenvalue weighted by atomic mass is 32.2. The van der Waals surface area contributed by atoms with Crippen molar-refractivity contribution in [2.75, 3.05) is 11.5 Å². The predicted molar refractivity (Wildman–Crippen MR) is 64.2 cm³/mol. The van der Waals surface area contributed by atoms with Gasteiger partial charge in [-0.25, -0.2) is 0 Å². The molecule has 0 atom stereocenters. The molecular weight excluding hydrogens is 246 g/mol. The lowest BCUT2D eigenvalue weighted by atomic mass is 10.4. The van der Waals surface area contributed by atoms with E-state index in [0.29, 0.717) is 16.3 Å². The Morgan fingerprint density at radius 3 is 2.80 bits per heavy atom. The van der Waals surface area contributed by atoms with Crippen molar-refractivity contribution in [3.63, 3.8) is 0 Å². The Balaban J connectivity index is 2.78. The third-order valence-corrected chi connectivity index (χ3v) is 4.71. The lowest BCUT2D eigenvalue weighted by molar-refractivity contribution is 1.11.